The van der Waals surface area contributed by atoms with Gasteiger partial charge in [0.1, 0.15) is 0 Å². The third-order valence-electron chi connectivity index (χ3n) is 4.20. The molecule has 3 rings (SSSR count). The molecule has 0 aliphatic heterocycles. The Labute approximate surface area is 131 Å². The lowest BCUT2D eigenvalue weighted by molar-refractivity contribution is 0.365. The standard InChI is InChI=1S/C18H22N4/c1-13-10-21-22(12-13)15(3)14(2)20-11-17-7-4-6-16-8-5-9-19-18(16)17/h4-10,12,14-15,20H,11H2,1-3H3/t14-,15-/m1/s1. The van der Waals surface area contributed by atoms with Crippen LogP contribution in [0.5, 0.6) is 0 Å². The summed E-state index contributed by atoms with van der Waals surface area (Å²) in [4.78, 5) is 4.51. The minimum absolute atomic E-state index is 0.302. The summed E-state index contributed by atoms with van der Waals surface area (Å²) in [5.41, 5.74) is 3.50. The number of nitrogens with one attached hydrogen (secondary N) is 1. The molecule has 0 spiro atoms. The summed E-state index contributed by atoms with van der Waals surface area (Å²) in [6.07, 6.45) is 5.84. The highest BCUT2D eigenvalue weighted by Crippen LogP contribution is 2.17. The Morgan fingerprint density at radius 2 is 2.00 bits per heavy atom. The number of aromatic nitrogens is 3. The lowest BCUT2D eigenvalue weighted by Gasteiger charge is -2.22. The molecule has 0 fully saturated rings. The topological polar surface area (TPSA) is 42.7 Å². The highest BCUT2D eigenvalue weighted by Gasteiger charge is 2.14. The quantitative estimate of drug-likeness (QED) is 0.783. The number of rotatable bonds is 5. The molecule has 0 aliphatic carbocycles. The van der Waals surface area contributed by atoms with Crippen LogP contribution < -0.4 is 5.32 Å². The molecule has 0 bridgehead atoms. The fourth-order valence-corrected chi connectivity index (χ4v) is 2.64. The van der Waals surface area contributed by atoms with E-state index in [9.17, 15) is 0 Å². The van der Waals surface area contributed by atoms with Crippen LogP contribution in [0.2, 0.25) is 0 Å². The van der Waals surface area contributed by atoms with Crippen molar-refractivity contribution in [1.82, 2.24) is 20.1 Å². The first kappa shape index (κ1) is 14.7. The van der Waals surface area contributed by atoms with Gasteiger partial charge in [-0.15, -0.1) is 0 Å². The van der Waals surface area contributed by atoms with Crippen molar-refractivity contribution in [3.63, 3.8) is 0 Å². The lowest BCUT2D eigenvalue weighted by Crippen LogP contribution is -2.33. The molecule has 3 aromatic rings. The Balaban J connectivity index is 1.71. The Bertz CT molecular complexity index is 757. The molecule has 0 unspecified atom stereocenters. The minimum atomic E-state index is 0.302. The molecule has 22 heavy (non-hydrogen) atoms. The van der Waals surface area contributed by atoms with Crippen molar-refractivity contribution in [2.75, 3.05) is 0 Å². The van der Waals surface area contributed by atoms with Gasteiger partial charge in [0, 0.05) is 30.4 Å². The summed E-state index contributed by atoms with van der Waals surface area (Å²) < 4.78 is 2.02. The lowest BCUT2D eigenvalue weighted by atomic mass is 10.1. The Hall–Kier alpha value is -2.20. The number of para-hydroxylation sites is 1. The summed E-state index contributed by atoms with van der Waals surface area (Å²) in [6, 6.07) is 11.0. The van der Waals surface area contributed by atoms with Crippen molar-refractivity contribution >= 4 is 10.9 Å². The third-order valence-corrected chi connectivity index (χ3v) is 4.20. The van der Waals surface area contributed by atoms with Crippen LogP contribution >= 0.6 is 0 Å². The molecule has 4 nitrogen and oxygen atoms in total. The summed E-state index contributed by atoms with van der Waals surface area (Å²) in [6.45, 7) is 7.25. The van der Waals surface area contributed by atoms with E-state index in [4.69, 9.17) is 0 Å². The average molecular weight is 294 g/mol. The highest BCUT2D eigenvalue weighted by atomic mass is 15.3. The molecule has 2 heterocycles. The molecule has 0 aliphatic rings. The van der Waals surface area contributed by atoms with E-state index in [0.717, 1.165) is 12.1 Å². The van der Waals surface area contributed by atoms with E-state index in [-0.39, 0.29) is 0 Å². The zero-order valence-corrected chi connectivity index (χ0v) is 13.3. The summed E-state index contributed by atoms with van der Waals surface area (Å²) >= 11 is 0. The number of benzene rings is 1. The van der Waals surface area contributed by atoms with Crippen LogP contribution in [-0.2, 0) is 6.54 Å². The van der Waals surface area contributed by atoms with E-state index in [1.165, 1.54) is 16.5 Å². The maximum atomic E-state index is 4.51. The van der Waals surface area contributed by atoms with Gasteiger partial charge in [0.2, 0.25) is 0 Å². The molecule has 0 saturated carbocycles. The number of hydrogen-bond donors (Lipinski definition) is 1. The van der Waals surface area contributed by atoms with Gasteiger partial charge in [-0.2, -0.15) is 5.10 Å². The largest absolute Gasteiger partial charge is 0.308 e. The van der Waals surface area contributed by atoms with Gasteiger partial charge in [0.25, 0.3) is 0 Å². The van der Waals surface area contributed by atoms with Gasteiger partial charge in [-0.1, -0.05) is 24.3 Å². The first-order valence-electron chi connectivity index (χ1n) is 7.72. The van der Waals surface area contributed by atoms with E-state index in [2.05, 4.69) is 66.6 Å². The second-order valence-corrected chi connectivity index (χ2v) is 5.90. The summed E-state index contributed by atoms with van der Waals surface area (Å²) in [5, 5.41) is 9.19. The number of fused-ring (bicyclic) bond motifs is 1. The van der Waals surface area contributed by atoms with E-state index in [1.54, 1.807) is 0 Å². The van der Waals surface area contributed by atoms with Gasteiger partial charge >= 0.3 is 0 Å². The zero-order chi connectivity index (χ0) is 15.5. The minimum Gasteiger partial charge on any atom is -0.308 e. The maximum absolute atomic E-state index is 4.51. The van der Waals surface area contributed by atoms with Gasteiger partial charge in [0.05, 0.1) is 17.8 Å². The first-order valence-corrected chi connectivity index (χ1v) is 7.72. The van der Waals surface area contributed by atoms with Gasteiger partial charge in [-0.3, -0.25) is 9.67 Å². The van der Waals surface area contributed by atoms with Crippen LogP contribution in [0.15, 0.2) is 48.9 Å². The van der Waals surface area contributed by atoms with Crippen molar-refractivity contribution in [2.45, 2.75) is 39.4 Å². The molecule has 2 aromatic heterocycles. The zero-order valence-electron chi connectivity index (χ0n) is 13.3. The second kappa shape index (κ2) is 6.28. The first-order chi connectivity index (χ1) is 10.6. The van der Waals surface area contributed by atoms with Crippen LogP contribution in [0.3, 0.4) is 0 Å². The number of nitrogens with zero attached hydrogens (tertiary/aromatic N) is 3. The molecule has 0 radical (unpaired) electrons. The predicted molar refractivity (Wildman–Crippen MR) is 89.7 cm³/mol. The van der Waals surface area contributed by atoms with Crippen LogP contribution in [0.4, 0.5) is 0 Å². The van der Waals surface area contributed by atoms with Gasteiger partial charge < -0.3 is 5.32 Å². The van der Waals surface area contributed by atoms with Crippen molar-refractivity contribution in [3.05, 3.63) is 60.0 Å². The molecule has 0 amide bonds. The molecular formula is C18H22N4. The van der Waals surface area contributed by atoms with Gasteiger partial charge in [-0.05, 0) is 38.0 Å². The number of aryl methyl sites for hydroxylation is 1. The highest BCUT2D eigenvalue weighted by molar-refractivity contribution is 5.81. The molecule has 0 saturated heterocycles. The van der Waals surface area contributed by atoms with Crippen LogP contribution in [-0.4, -0.2) is 20.8 Å². The predicted octanol–water partition coefficient (Wildman–Crippen LogP) is 3.48. The summed E-state index contributed by atoms with van der Waals surface area (Å²) in [7, 11) is 0. The molecule has 1 N–H and O–H groups in total. The van der Waals surface area contributed by atoms with Crippen LogP contribution in [0, 0.1) is 6.92 Å². The van der Waals surface area contributed by atoms with E-state index in [1.807, 2.05) is 23.1 Å². The maximum Gasteiger partial charge on any atom is 0.0746 e. The number of hydrogen-bond acceptors (Lipinski definition) is 3. The van der Waals surface area contributed by atoms with E-state index in [0.29, 0.717) is 12.1 Å². The van der Waals surface area contributed by atoms with Crippen molar-refractivity contribution in [3.8, 4) is 0 Å². The Morgan fingerprint density at radius 1 is 1.18 bits per heavy atom. The van der Waals surface area contributed by atoms with Crippen LogP contribution in [0.1, 0.15) is 31.0 Å². The van der Waals surface area contributed by atoms with E-state index < -0.39 is 0 Å². The number of pyridine rings is 1. The van der Waals surface area contributed by atoms with Crippen molar-refractivity contribution < 1.29 is 0 Å². The Morgan fingerprint density at radius 3 is 2.77 bits per heavy atom. The van der Waals surface area contributed by atoms with Gasteiger partial charge in [-0.25, -0.2) is 0 Å². The fraction of sp³-hybridized carbons (Fsp3) is 0.333. The summed E-state index contributed by atoms with van der Waals surface area (Å²) in [5.74, 6) is 0. The molecule has 1 aromatic carbocycles. The Kier molecular flexibility index (Phi) is 4.20. The van der Waals surface area contributed by atoms with Crippen LogP contribution in [0.25, 0.3) is 10.9 Å². The fourth-order valence-electron chi connectivity index (χ4n) is 2.64. The SMILES string of the molecule is Cc1cnn([C@H](C)[C@@H](C)NCc2cccc3cccnc23)c1. The molecule has 4 heteroatoms. The molecule has 2 atom stereocenters. The van der Waals surface area contributed by atoms with Gasteiger partial charge in [0.15, 0.2) is 0 Å². The normalized spacial score (nSPS) is 14.1. The third kappa shape index (κ3) is 3.02. The monoisotopic (exact) mass is 294 g/mol. The molecule has 114 valence electrons. The average Bonchev–Trinajstić information content (AvgIpc) is 2.98. The van der Waals surface area contributed by atoms with E-state index >= 15 is 0 Å². The van der Waals surface area contributed by atoms with Crippen molar-refractivity contribution in [1.29, 1.82) is 0 Å². The van der Waals surface area contributed by atoms with Crippen molar-refractivity contribution in [2.24, 2.45) is 0 Å². The second-order valence-electron chi connectivity index (χ2n) is 5.90. The smallest absolute Gasteiger partial charge is 0.0746 e. The molecular weight excluding hydrogens is 272 g/mol.